The molecule has 2 rings (SSSR count). The topological polar surface area (TPSA) is 88.0 Å². The van der Waals surface area contributed by atoms with E-state index in [0.29, 0.717) is 21.9 Å². The van der Waals surface area contributed by atoms with Gasteiger partial charge in [0.05, 0.1) is 6.21 Å². The van der Waals surface area contributed by atoms with Crippen molar-refractivity contribution in [2.75, 3.05) is 6.61 Å². The van der Waals surface area contributed by atoms with Crippen LogP contribution in [-0.2, 0) is 4.79 Å². The summed E-state index contributed by atoms with van der Waals surface area (Å²) < 4.78 is 5.05. The lowest BCUT2D eigenvalue weighted by molar-refractivity contribution is -0.139. The lowest BCUT2D eigenvalue weighted by Gasteiger charge is -2.03. The maximum Gasteiger partial charge on any atom is 0.341 e. The van der Waals surface area contributed by atoms with Crippen molar-refractivity contribution in [2.24, 2.45) is 5.10 Å². The molecule has 0 bridgehead atoms. The number of nitrogens with zero attached hydrogens (tertiary/aromatic N) is 1. The Morgan fingerprint density at radius 3 is 2.74 bits per heavy atom. The predicted molar refractivity (Wildman–Crippen MR) is 86.1 cm³/mol. The fourth-order valence-electron chi connectivity index (χ4n) is 1.69. The summed E-state index contributed by atoms with van der Waals surface area (Å²) in [6.45, 7) is -0.425. The van der Waals surface area contributed by atoms with Gasteiger partial charge in [-0.25, -0.2) is 10.2 Å². The van der Waals surface area contributed by atoms with Crippen LogP contribution in [0.2, 0.25) is 5.02 Å². The highest BCUT2D eigenvalue weighted by Crippen LogP contribution is 2.12. The van der Waals surface area contributed by atoms with Crippen LogP contribution in [0.1, 0.15) is 15.9 Å². The van der Waals surface area contributed by atoms with Gasteiger partial charge in [0.15, 0.2) is 6.61 Å². The Bertz CT molecular complexity index is 746. The number of carboxylic acid groups (broad SMARTS) is 1. The van der Waals surface area contributed by atoms with E-state index in [1.165, 1.54) is 12.3 Å². The van der Waals surface area contributed by atoms with Crippen molar-refractivity contribution in [3.8, 4) is 5.75 Å². The zero-order valence-electron chi connectivity index (χ0n) is 11.9. The molecule has 2 aromatic carbocycles. The molecular formula is C16H13ClN2O4. The number of carboxylic acids is 1. The summed E-state index contributed by atoms with van der Waals surface area (Å²) in [7, 11) is 0. The Morgan fingerprint density at radius 1 is 1.22 bits per heavy atom. The average Bonchev–Trinajstić information content (AvgIpc) is 2.53. The molecule has 7 heteroatoms. The lowest BCUT2D eigenvalue weighted by Crippen LogP contribution is -2.17. The normalized spacial score (nSPS) is 10.5. The van der Waals surface area contributed by atoms with Crippen LogP contribution >= 0.6 is 11.6 Å². The van der Waals surface area contributed by atoms with E-state index in [1.807, 2.05) is 0 Å². The standard InChI is InChI=1S/C16H13ClN2O4/c17-13-5-2-4-12(8-13)16(22)19-18-9-11-3-1-6-14(7-11)23-10-15(20)21/h1-9H,10H2,(H,19,22)(H,20,21). The van der Waals surface area contributed by atoms with Crippen molar-refractivity contribution in [1.82, 2.24) is 5.43 Å². The maximum atomic E-state index is 11.9. The SMILES string of the molecule is O=C(O)COc1cccc(C=NNC(=O)c2cccc(Cl)c2)c1. The molecule has 0 radical (unpaired) electrons. The minimum Gasteiger partial charge on any atom is -0.482 e. The van der Waals surface area contributed by atoms with Gasteiger partial charge in [0.25, 0.3) is 5.91 Å². The fourth-order valence-corrected chi connectivity index (χ4v) is 1.88. The highest BCUT2D eigenvalue weighted by molar-refractivity contribution is 6.30. The molecule has 0 heterocycles. The van der Waals surface area contributed by atoms with E-state index in [0.717, 1.165) is 0 Å². The Balaban J connectivity index is 1.96. The van der Waals surface area contributed by atoms with Gasteiger partial charge in [-0.3, -0.25) is 4.79 Å². The Kier molecular flexibility index (Phi) is 5.71. The van der Waals surface area contributed by atoms with Crippen LogP contribution in [0.4, 0.5) is 0 Å². The number of carbonyl (C=O) groups excluding carboxylic acids is 1. The van der Waals surface area contributed by atoms with Gasteiger partial charge in [-0.2, -0.15) is 5.10 Å². The van der Waals surface area contributed by atoms with E-state index in [2.05, 4.69) is 10.5 Å². The number of carbonyl (C=O) groups is 2. The van der Waals surface area contributed by atoms with E-state index in [9.17, 15) is 9.59 Å². The van der Waals surface area contributed by atoms with Crippen molar-refractivity contribution in [2.45, 2.75) is 0 Å². The van der Waals surface area contributed by atoms with Crippen molar-refractivity contribution in [1.29, 1.82) is 0 Å². The number of ether oxygens (including phenoxy) is 1. The summed E-state index contributed by atoms with van der Waals surface area (Å²) in [5, 5.41) is 12.9. The van der Waals surface area contributed by atoms with E-state index in [1.54, 1.807) is 42.5 Å². The van der Waals surface area contributed by atoms with Crippen LogP contribution in [0, 0.1) is 0 Å². The number of benzene rings is 2. The second-order valence-corrected chi connectivity index (χ2v) is 4.90. The van der Waals surface area contributed by atoms with E-state index < -0.39 is 12.6 Å². The van der Waals surface area contributed by atoms with Crippen LogP contribution in [0.5, 0.6) is 5.75 Å². The molecule has 0 fully saturated rings. The molecule has 6 nitrogen and oxygen atoms in total. The lowest BCUT2D eigenvalue weighted by atomic mass is 10.2. The first-order chi connectivity index (χ1) is 11.0. The number of amides is 1. The van der Waals surface area contributed by atoms with Gasteiger partial charge in [-0.05, 0) is 35.9 Å². The molecular weight excluding hydrogens is 320 g/mol. The zero-order valence-corrected chi connectivity index (χ0v) is 12.7. The third-order valence-electron chi connectivity index (χ3n) is 2.69. The van der Waals surface area contributed by atoms with Crippen LogP contribution < -0.4 is 10.2 Å². The van der Waals surface area contributed by atoms with Crippen molar-refractivity contribution < 1.29 is 19.4 Å². The minimum absolute atomic E-state index is 0.387. The third-order valence-corrected chi connectivity index (χ3v) is 2.92. The van der Waals surface area contributed by atoms with Gasteiger partial charge in [-0.15, -0.1) is 0 Å². The molecule has 23 heavy (non-hydrogen) atoms. The highest BCUT2D eigenvalue weighted by Gasteiger charge is 2.04. The van der Waals surface area contributed by atoms with Gasteiger partial charge >= 0.3 is 5.97 Å². The molecule has 2 aromatic rings. The molecule has 0 unspecified atom stereocenters. The van der Waals surface area contributed by atoms with Crippen LogP contribution in [0.3, 0.4) is 0 Å². The van der Waals surface area contributed by atoms with Gasteiger partial charge in [0, 0.05) is 10.6 Å². The molecule has 0 aliphatic rings. The summed E-state index contributed by atoms with van der Waals surface area (Å²) in [6.07, 6.45) is 1.43. The van der Waals surface area contributed by atoms with Crippen molar-refractivity contribution in [3.05, 3.63) is 64.7 Å². The Labute approximate surface area is 137 Å². The summed E-state index contributed by atoms with van der Waals surface area (Å²) in [5.74, 6) is -1.04. The third kappa shape index (κ3) is 5.44. The molecule has 1 amide bonds. The van der Waals surface area contributed by atoms with Crippen LogP contribution in [0.15, 0.2) is 53.6 Å². The quantitative estimate of drug-likeness (QED) is 0.628. The molecule has 118 valence electrons. The van der Waals surface area contributed by atoms with E-state index in [-0.39, 0.29) is 5.91 Å². The Hall–Kier alpha value is -2.86. The van der Waals surface area contributed by atoms with Gasteiger partial charge in [0.2, 0.25) is 0 Å². The summed E-state index contributed by atoms with van der Waals surface area (Å²) >= 11 is 5.81. The number of hydrazone groups is 1. The summed E-state index contributed by atoms with van der Waals surface area (Å²) in [5.41, 5.74) is 3.43. The molecule has 0 saturated heterocycles. The molecule has 0 aliphatic carbocycles. The van der Waals surface area contributed by atoms with Crippen LogP contribution in [0.25, 0.3) is 0 Å². The molecule has 0 saturated carbocycles. The van der Waals surface area contributed by atoms with Gasteiger partial charge in [-0.1, -0.05) is 29.8 Å². The number of rotatable bonds is 6. The van der Waals surface area contributed by atoms with Gasteiger partial charge < -0.3 is 9.84 Å². The molecule has 0 atom stereocenters. The maximum absolute atomic E-state index is 11.9. The van der Waals surface area contributed by atoms with Gasteiger partial charge in [0.1, 0.15) is 5.75 Å². The van der Waals surface area contributed by atoms with Crippen molar-refractivity contribution >= 4 is 29.7 Å². The number of halogens is 1. The molecule has 0 aliphatic heterocycles. The monoisotopic (exact) mass is 332 g/mol. The second-order valence-electron chi connectivity index (χ2n) is 4.46. The predicted octanol–water partition coefficient (Wildman–Crippen LogP) is 2.57. The first-order valence-electron chi connectivity index (χ1n) is 6.58. The second kappa shape index (κ2) is 7.95. The minimum atomic E-state index is -1.06. The fraction of sp³-hybridized carbons (Fsp3) is 0.0625. The Morgan fingerprint density at radius 2 is 2.00 bits per heavy atom. The highest BCUT2D eigenvalue weighted by atomic mass is 35.5. The smallest absolute Gasteiger partial charge is 0.341 e. The summed E-state index contributed by atoms with van der Waals surface area (Å²) in [6, 6.07) is 13.2. The first kappa shape index (κ1) is 16.5. The van der Waals surface area contributed by atoms with Crippen molar-refractivity contribution in [3.63, 3.8) is 0 Å². The van der Waals surface area contributed by atoms with E-state index >= 15 is 0 Å². The number of aliphatic carboxylic acids is 1. The zero-order chi connectivity index (χ0) is 16.7. The number of hydrogen-bond acceptors (Lipinski definition) is 4. The molecule has 0 aromatic heterocycles. The molecule has 2 N–H and O–H groups in total. The van der Waals surface area contributed by atoms with E-state index in [4.69, 9.17) is 21.4 Å². The van der Waals surface area contributed by atoms with Crippen LogP contribution in [-0.4, -0.2) is 29.8 Å². The largest absolute Gasteiger partial charge is 0.482 e. The first-order valence-corrected chi connectivity index (χ1v) is 6.96. The number of hydrogen-bond donors (Lipinski definition) is 2. The average molecular weight is 333 g/mol. The number of nitrogens with one attached hydrogen (secondary N) is 1. The molecule has 0 spiro atoms. The summed E-state index contributed by atoms with van der Waals surface area (Å²) in [4.78, 5) is 22.3.